The predicted molar refractivity (Wildman–Crippen MR) is 96.4 cm³/mol. The summed E-state index contributed by atoms with van der Waals surface area (Å²) in [4.78, 5) is 29.7. The van der Waals surface area contributed by atoms with Gasteiger partial charge in [0.15, 0.2) is 0 Å². The lowest BCUT2D eigenvalue weighted by Crippen LogP contribution is -2.61. The van der Waals surface area contributed by atoms with Crippen LogP contribution in [0.4, 0.5) is 0 Å². The molecule has 0 unspecified atom stereocenters. The second kappa shape index (κ2) is 7.21. The van der Waals surface area contributed by atoms with Crippen molar-refractivity contribution in [2.75, 3.05) is 18.1 Å². The number of carboxylic acids is 1. The number of thioether (sulfide) groups is 1. The number of β-lactam (4-membered cyclic amide) rings is 1. The molecule has 3 rings (SSSR count). The van der Waals surface area contributed by atoms with Crippen molar-refractivity contribution in [2.45, 2.75) is 38.0 Å². The number of hydrogen-bond acceptors (Lipinski definition) is 6. The first-order chi connectivity index (χ1) is 11.9. The van der Waals surface area contributed by atoms with E-state index >= 15 is 0 Å². The number of aliphatic carboxylic acids is 1. The van der Waals surface area contributed by atoms with E-state index in [0.717, 1.165) is 22.9 Å². The van der Waals surface area contributed by atoms with Crippen LogP contribution in [0.2, 0.25) is 0 Å². The number of aliphatic imine (C=N–C) groups is 1. The molecule has 1 fully saturated rings. The Balaban J connectivity index is 1.64. The van der Waals surface area contributed by atoms with Gasteiger partial charge in [-0.1, -0.05) is 6.08 Å². The van der Waals surface area contributed by atoms with Crippen LogP contribution in [-0.2, 0) is 9.59 Å². The second-order valence-electron chi connectivity index (χ2n) is 6.64. The molecule has 25 heavy (non-hydrogen) atoms. The van der Waals surface area contributed by atoms with Gasteiger partial charge < -0.3 is 20.4 Å². The average Bonchev–Trinajstić information content (AvgIpc) is 3.10. The molecule has 4 atom stereocenters. The summed E-state index contributed by atoms with van der Waals surface area (Å²) in [6.45, 7) is 5.88. The molecule has 0 radical (unpaired) electrons. The molecule has 3 aliphatic rings. The summed E-state index contributed by atoms with van der Waals surface area (Å²) in [5.41, 5.74) is 0.866. The molecule has 7 nitrogen and oxygen atoms in total. The highest BCUT2D eigenvalue weighted by Crippen LogP contribution is 2.44. The van der Waals surface area contributed by atoms with Crippen LogP contribution >= 0.6 is 11.8 Å². The van der Waals surface area contributed by atoms with Crippen LogP contribution in [-0.4, -0.2) is 69.1 Å². The van der Waals surface area contributed by atoms with Crippen LogP contribution in [0.5, 0.6) is 0 Å². The van der Waals surface area contributed by atoms with Crippen LogP contribution in [0.3, 0.4) is 0 Å². The van der Waals surface area contributed by atoms with Gasteiger partial charge in [0.2, 0.25) is 5.91 Å². The zero-order valence-corrected chi connectivity index (χ0v) is 15.0. The Morgan fingerprint density at radius 3 is 3.00 bits per heavy atom. The van der Waals surface area contributed by atoms with Gasteiger partial charge in [-0.3, -0.25) is 9.79 Å². The Bertz CT molecular complexity index is 658. The largest absolute Gasteiger partial charge is 0.477 e. The van der Waals surface area contributed by atoms with Crippen molar-refractivity contribution in [1.82, 2.24) is 10.2 Å². The fourth-order valence-electron chi connectivity index (χ4n) is 3.83. The van der Waals surface area contributed by atoms with E-state index in [9.17, 15) is 19.8 Å². The molecule has 3 aliphatic heterocycles. The number of fused-ring (bicyclic) bond motifs is 1. The van der Waals surface area contributed by atoms with Crippen molar-refractivity contribution >= 4 is 29.5 Å². The van der Waals surface area contributed by atoms with Gasteiger partial charge in [0.05, 0.1) is 36.4 Å². The fraction of sp³-hybridized carbons (Fsp3) is 0.588. The molecule has 0 aromatic carbocycles. The van der Waals surface area contributed by atoms with E-state index < -0.39 is 18.0 Å². The zero-order valence-electron chi connectivity index (χ0n) is 14.1. The van der Waals surface area contributed by atoms with Crippen LogP contribution < -0.4 is 5.32 Å². The number of nitrogens with one attached hydrogen (secondary N) is 1. The number of amidine groups is 1. The molecular formula is C17H23N3O4S. The van der Waals surface area contributed by atoms with Gasteiger partial charge in [-0.05, 0) is 25.3 Å². The number of aliphatic hydroxyl groups is 1. The van der Waals surface area contributed by atoms with Crippen molar-refractivity contribution in [1.29, 1.82) is 0 Å². The molecule has 1 amide bonds. The van der Waals surface area contributed by atoms with Crippen LogP contribution in [0.15, 0.2) is 28.9 Å². The molecule has 8 heteroatoms. The van der Waals surface area contributed by atoms with Crippen molar-refractivity contribution in [3.8, 4) is 0 Å². The number of hydrogen-bond donors (Lipinski definition) is 3. The summed E-state index contributed by atoms with van der Waals surface area (Å²) in [7, 11) is 0. The smallest absolute Gasteiger partial charge is 0.352 e. The number of carbonyl (C=O) groups is 2. The average molecular weight is 365 g/mol. The first kappa shape index (κ1) is 18.0. The number of aliphatic hydroxyl groups excluding tert-OH is 1. The van der Waals surface area contributed by atoms with Gasteiger partial charge >= 0.3 is 5.97 Å². The van der Waals surface area contributed by atoms with Crippen LogP contribution in [0.25, 0.3) is 0 Å². The minimum Gasteiger partial charge on any atom is -0.477 e. The van der Waals surface area contributed by atoms with Crippen molar-refractivity contribution in [3.63, 3.8) is 0 Å². The maximum Gasteiger partial charge on any atom is 0.352 e. The Hall–Kier alpha value is -1.80. The quantitative estimate of drug-likeness (QED) is 0.331. The van der Waals surface area contributed by atoms with Gasteiger partial charge in [0.1, 0.15) is 11.5 Å². The van der Waals surface area contributed by atoms with E-state index in [-0.39, 0.29) is 23.7 Å². The molecule has 1 saturated heterocycles. The SMILES string of the molecule is C=CCSCC1=NC[C@@H](CC2=C(C(=O)O)N3C(=O)[C@H]([C@@H](C)O)[C@H]3C2)N1. The lowest BCUT2D eigenvalue weighted by atomic mass is 9.82. The molecule has 0 saturated carbocycles. The molecule has 0 spiro atoms. The van der Waals surface area contributed by atoms with Crippen molar-refractivity contribution < 1.29 is 19.8 Å². The summed E-state index contributed by atoms with van der Waals surface area (Å²) in [5.74, 6) is 0.711. The standard InChI is InChI=1S/C17H23N3O4S/c1-3-4-25-8-13-18-7-11(19-13)5-10-6-12-14(9(2)21)16(22)20(12)15(10)17(23)24/h3,9,11-12,14,21H,1,4-8H2,2H3,(H,18,19)(H,23,24)/t9-,11-,12-,14-/m1/s1. The van der Waals surface area contributed by atoms with Gasteiger partial charge in [-0.25, -0.2) is 4.79 Å². The Morgan fingerprint density at radius 2 is 2.36 bits per heavy atom. The van der Waals surface area contributed by atoms with E-state index in [2.05, 4.69) is 16.9 Å². The van der Waals surface area contributed by atoms with Crippen LogP contribution in [0.1, 0.15) is 19.8 Å². The molecule has 0 aromatic rings. The minimum absolute atomic E-state index is 0.0579. The Morgan fingerprint density at radius 1 is 1.60 bits per heavy atom. The van der Waals surface area contributed by atoms with Gasteiger partial charge in [0, 0.05) is 5.75 Å². The third-order valence-corrected chi connectivity index (χ3v) is 5.81. The van der Waals surface area contributed by atoms with Gasteiger partial charge in [0.25, 0.3) is 0 Å². The third-order valence-electron chi connectivity index (χ3n) is 4.86. The van der Waals surface area contributed by atoms with Crippen molar-refractivity contribution in [3.05, 3.63) is 23.9 Å². The van der Waals surface area contributed by atoms with E-state index in [1.54, 1.807) is 18.7 Å². The van der Waals surface area contributed by atoms with Crippen LogP contribution in [0, 0.1) is 5.92 Å². The normalized spacial score (nSPS) is 29.0. The second-order valence-corrected chi connectivity index (χ2v) is 7.67. The summed E-state index contributed by atoms with van der Waals surface area (Å²) in [6.07, 6.45) is 2.15. The molecule has 3 N–H and O–H groups in total. The molecule has 0 bridgehead atoms. The molecule has 0 aliphatic carbocycles. The summed E-state index contributed by atoms with van der Waals surface area (Å²) >= 11 is 1.72. The highest BCUT2D eigenvalue weighted by Gasteiger charge is 2.56. The first-order valence-electron chi connectivity index (χ1n) is 8.39. The number of rotatable bonds is 8. The third kappa shape index (κ3) is 3.32. The van der Waals surface area contributed by atoms with E-state index in [1.165, 1.54) is 4.90 Å². The molecular weight excluding hydrogens is 342 g/mol. The highest BCUT2D eigenvalue weighted by molar-refractivity contribution is 8.00. The summed E-state index contributed by atoms with van der Waals surface area (Å²) < 4.78 is 0. The van der Waals surface area contributed by atoms with Gasteiger partial charge in [-0.2, -0.15) is 0 Å². The van der Waals surface area contributed by atoms with E-state index in [4.69, 9.17) is 0 Å². The monoisotopic (exact) mass is 365 g/mol. The summed E-state index contributed by atoms with van der Waals surface area (Å²) in [5, 5.41) is 22.7. The molecule has 3 heterocycles. The minimum atomic E-state index is -1.07. The van der Waals surface area contributed by atoms with Gasteiger partial charge in [-0.15, -0.1) is 18.3 Å². The number of nitrogens with zero attached hydrogens (tertiary/aromatic N) is 2. The first-order valence-corrected chi connectivity index (χ1v) is 9.54. The Kier molecular flexibility index (Phi) is 5.19. The van der Waals surface area contributed by atoms with E-state index in [0.29, 0.717) is 19.4 Å². The number of carboxylic acid groups (broad SMARTS) is 1. The number of carbonyl (C=O) groups excluding carboxylic acids is 1. The zero-order chi connectivity index (χ0) is 18.1. The lowest BCUT2D eigenvalue weighted by Gasteiger charge is -2.44. The summed E-state index contributed by atoms with van der Waals surface area (Å²) in [6, 6.07) is -0.166. The maximum atomic E-state index is 12.2. The molecule has 0 aromatic heterocycles. The van der Waals surface area contributed by atoms with Crippen molar-refractivity contribution in [2.24, 2.45) is 10.9 Å². The Labute approximate surface area is 150 Å². The predicted octanol–water partition coefficient (Wildman–Crippen LogP) is 0.616. The topological polar surface area (TPSA) is 102 Å². The number of amides is 1. The lowest BCUT2D eigenvalue weighted by molar-refractivity contribution is -0.161. The molecule has 136 valence electrons. The maximum absolute atomic E-state index is 12.2. The highest BCUT2D eigenvalue weighted by atomic mass is 32.2. The fourth-order valence-corrected chi connectivity index (χ4v) is 4.48. The van der Waals surface area contributed by atoms with E-state index in [1.807, 2.05) is 6.08 Å².